The SMILES string of the molecule is C[C@@H]1CCC[C@H](C)N1C(=O)CC(N)C1CC1. The van der Waals surface area contributed by atoms with E-state index in [0.29, 0.717) is 24.4 Å². The van der Waals surface area contributed by atoms with Crippen molar-refractivity contribution in [1.82, 2.24) is 4.90 Å². The second-order valence-corrected chi connectivity index (χ2v) is 5.64. The van der Waals surface area contributed by atoms with Crippen molar-refractivity contribution in [3.8, 4) is 0 Å². The Kier molecular flexibility index (Phi) is 3.53. The van der Waals surface area contributed by atoms with Gasteiger partial charge in [-0.1, -0.05) is 0 Å². The average molecular weight is 224 g/mol. The molecule has 0 spiro atoms. The first kappa shape index (κ1) is 11.9. The summed E-state index contributed by atoms with van der Waals surface area (Å²) in [7, 11) is 0. The van der Waals surface area contributed by atoms with Crippen molar-refractivity contribution in [1.29, 1.82) is 0 Å². The molecule has 16 heavy (non-hydrogen) atoms. The number of carbonyl (C=O) groups excluding carboxylic acids is 1. The van der Waals surface area contributed by atoms with Gasteiger partial charge in [0, 0.05) is 24.5 Å². The van der Waals surface area contributed by atoms with E-state index in [1.165, 1.54) is 19.3 Å². The fourth-order valence-corrected chi connectivity index (χ4v) is 2.91. The Balaban J connectivity index is 1.90. The molecule has 0 bridgehead atoms. The Labute approximate surface area is 98.4 Å². The maximum absolute atomic E-state index is 12.2. The monoisotopic (exact) mass is 224 g/mol. The van der Waals surface area contributed by atoms with E-state index in [1.807, 2.05) is 0 Å². The van der Waals surface area contributed by atoms with Crippen LogP contribution in [0.5, 0.6) is 0 Å². The standard InChI is InChI=1S/C13H24N2O/c1-9-4-3-5-10(2)15(9)13(16)8-12(14)11-6-7-11/h9-12H,3-8,14H2,1-2H3/t9-,10+,12?. The van der Waals surface area contributed by atoms with Crippen molar-refractivity contribution in [2.45, 2.75) is 70.5 Å². The number of carbonyl (C=O) groups is 1. The van der Waals surface area contributed by atoms with Crippen molar-refractivity contribution in [3.63, 3.8) is 0 Å². The second-order valence-electron chi connectivity index (χ2n) is 5.64. The zero-order valence-corrected chi connectivity index (χ0v) is 10.5. The lowest BCUT2D eigenvalue weighted by molar-refractivity contribution is -0.137. The van der Waals surface area contributed by atoms with Gasteiger partial charge in [-0.3, -0.25) is 4.79 Å². The normalized spacial score (nSPS) is 32.6. The maximum Gasteiger partial charge on any atom is 0.224 e. The van der Waals surface area contributed by atoms with Crippen LogP contribution in [0.25, 0.3) is 0 Å². The summed E-state index contributed by atoms with van der Waals surface area (Å²) in [6.45, 7) is 4.33. The highest BCUT2D eigenvalue weighted by molar-refractivity contribution is 5.77. The third-order valence-electron chi connectivity index (χ3n) is 4.12. The molecule has 1 amide bonds. The van der Waals surface area contributed by atoms with Gasteiger partial charge >= 0.3 is 0 Å². The Morgan fingerprint density at radius 2 is 1.81 bits per heavy atom. The lowest BCUT2D eigenvalue weighted by Crippen LogP contribution is -2.49. The molecule has 0 aromatic rings. The summed E-state index contributed by atoms with van der Waals surface area (Å²) in [5, 5.41) is 0. The fraction of sp³-hybridized carbons (Fsp3) is 0.923. The third kappa shape index (κ3) is 2.57. The van der Waals surface area contributed by atoms with Crippen LogP contribution in [0.2, 0.25) is 0 Å². The van der Waals surface area contributed by atoms with E-state index in [4.69, 9.17) is 5.73 Å². The Morgan fingerprint density at radius 1 is 1.25 bits per heavy atom. The second kappa shape index (κ2) is 4.74. The number of rotatable bonds is 3. The van der Waals surface area contributed by atoms with Gasteiger partial charge in [-0.2, -0.15) is 0 Å². The van der Waals surface area contributed by atoms with Gasteiger partial charge in [0.15, 0.2) is 0 Å². The zero-order chi connectivity index (χ0) is 11.7. The van der Waals surface area contributed by atoms with Gasteiger partial charge in [0.25, 0.3) is 0 Å². The molecule has 1 aliphatic heterocycles. The summed E-state index contributed by atoms with van der Waals surface area (Å²) in [6.07, 6.45) is 6.54. The first-order valence-electron chi connectivity index (χ1n) is 6.66. The summed E-state index contributed by atoms with van der Waals surface area (Å²) in [4.78, 5) is 14.3. The molecule has 2 aliphatic rings. The number of nitrogens with two attached hydrogens (primary N) is 1. The Bertz CT molecular complexity index is 253. The molecule has 2 fully saturated rings. The molecule has 3 heteroatoms. The molecule has 0 radical (unpaired) electrons. The number of hydrogen-bond donors (Lipinski definition) is 1. The largest absolute Gasteiger partial charge is 0.337 e. The number of piperidine rings is 1. The summed E-state index contributed by atoms with van der Waals surface area (Å²) in [6, 6.07) is 0.916. The van der Waals surface area contributed by atoms with Crippen molar-refractivity contribution < 1.29 is 4.79 Å². The minimum atomic E-state index is 0.105. The van der Waals surface area contributed by atoms with Crippen LogP contribution in [0.3, 0.4) is 0 Å². The van der Waals surface area contributed by atoms with Crippen molar-refractivity contribution >= 4 is 5.91 Å². The fourth-order valence-electron chi connectivity index (χ4n) is 2.91. The molecule has 1 unspecified atom stereocenters. The first-order valence-corrected chi connectivity index (χ1v) is 6.66. The molecule has 3 atom stereocenters. The van der Waals surface area contributed by atoms with E-state index in [2.05, 4.69) is 18.7 Å². The lowest BCUT2D eigenvalue weighted by Gasteiger charge is -2.39. The number of likely N-dealkylation sites (tertiary alicyclic amines) is 1. The molecular weight excluding hydrogens is 200 g/mol. The van der Waals surface area contributed by atoms with Crippen LogP contribution < -0.4 is 5.73 Å². The Morgan fingerprint density at radius 3 is 2.31 bits per heavy atom. The van der Waals surface area contributed by atoms with Gasteiger partial charge in [0.2, 0.25) is 5.91 Å². The highest BCUT2D eigenvalue weighted by Gasteiger charge is 2.34. The smallest absolute Gasteiger partial charge is 0.224 e. The molecule has 2 N–H and O–H groups in total. The summed E-state index contributed by atoms with van der Waals surface area (Å²) >= 11 is 0. The summed E-state index contributed by atoms with van der Waals surface area (Å²) in [5.74, 6) is 0.901. The first-order chi connectivity index (χ1) is 7.59. The summed E-state index contributed by atoms with van der Waals surface area (Å²) in [5.41, 5.74) is 6.03. The minimum absolute atomic E-state index is 0.105. The third-order valence-corrected chi connectivity index (χ3v) is 4.12. The van der Waals surface area contributed by atoms with E-state index in [0.717, 1.165) is 12.8 Å². The van der Waals surface area contributed by atoms with Gasteiger partial charge in [-0.25, -0.2) is 0 Å². The van der Waals surface area contributed by atoms with Gasteiger partial charge in [0.1, 0.15) is 0 Å². The molecule has 92 valence electrons. The van der Waals surface area contributed by atoms with Gasteiger partial charge in [-0.15, -0.1) is 0 Å². The van der Waals surface area contributed by atoms with Crippen LogP contribution >= 0.6 is 0 Å². The van der Waals surface area contributed by atoms with Gasteiger partial charge in [-0.05, 0) is 51.9 Å². The van der Waals surface area contributed by atoms with Crippen molar-refractivity contribution in [2.24, 2.45) is 11.7 Å². The van der Waals surface area contributed by atoms with E-state index < -0.39 is 0 Å². The quantitative estimate of drug-likeness (QED) is 0.796. The predicted molar refractivity (Wildman–Crippen MR) is 64.9 cm³/mol. The van der Waals surface area contributed by atoms with Crippen LogP contribution in [-0.2, 0) is 4.79 Å². The predicted octanol–water partition coefficient (Wildman–Crippen LogP) is 1.90. The summed E-state index contributed by atoms with van der Waals surface area (Å²) < 4.78 is 0. The number of hydrogen-bond acceptors (Lipinski definition) is 2. The molecule has 1 saturated carbocycles. The molecule has 2 rings (SSSR count). The highest BCUT2D eigenvalue weighted by Crippen LogP contribution is 2.33. The van der Waals surface area contributed by atoms with E-state index >= 15 is 0 Å². The molecule has 0 aromatic carbocycles. The van der Waals surface area contributed by atoms with Gasteiger partial charge < -0.3 is 10.6 Å². The van der Waals surface area contributed by atoms with Crippen LogP contribution in [0.1, 0.15) is 52.4 Å². The van der Waals surface area contributed by atoms with Crippen LogP contribution in [0.15, 0.2) is 0 Å². The molecule has 1 aliphatic carbocycles. The lowest BCUT2D eigenvalue weighted by atomic mass is 9.96. The van der Waals surface area contributed by atoms with Crippen molar-refractivity contribution in [3.05, 3.63) is 0 Å². The van der Waals surface area contributed by atoms with Crippen molar-refractivity contribution in [2.75, 3.05) is 0 Å². The van der Waals surface area contributed by atoms with Crippen LogP contribution in [0.4, 0.5) is 0 Å². The topological polar surface area (TPSA) is 46.3 Å². The number of nitrogens with zero attached hydrogens (tertiary/aromatic N) is 1. The highest BCUT2D eigenvalue weighted by atomic mass is 16.2. The van der Waals surface area contributed by atoms with E-state index in [1.54, 1.807) is 0 Å². The molecular formula is C13H24N2O. The molecule has 1 saturated heterocycles. The molecule has 0 aromatic heterocycles. The van der Waals surface area contributed by atoms with E-state index in [-0.39, 0.29) is 11.9 Å². The molecule has 1 heterocycles. The number of amides is 1. The Hall–Kier alpha value is -0.570. The van der Waals surface area contributed by atoms with Gasteiger partial charge in [0.05, 0.1) is 0 Å². The van der Waals surface area contributed by atoms with E-state index in [9.17, 15) is 4.79 Å². The average Bonchev–Trinajstić information content (AvgIpc) is 2.99. The maximum atomic E-state index is 12.2. The van der Waals surface area contributed by atoms with Crippen LogP contribution in [0, 0.1) is 5.92 Å². The van der Waals surface area contributed by atoms with Crippen LogP contribution in [-0.4, -0.2) is 28.9 Å². The minimum Gasteiger partial charge on any atom is -0.337 e. The zero-order valence-electron chi connectivity index (χ0n) is 10.5. The molecule has 3 nitrogen and oxygen atoms in total.